The van der Waals surface area contributed by atoms with Crippen LogP contribution in [0, 0.1) is 22.0 Å². The Morgan fingerprint density at radius 3 is 2.30 bits per heavy atom. The normalized spacial score (nSPS) is 23.5. The van der Waals surface area contributed by atoms with Crippen molar-refractivity contribution in [3.8, 4) is 0 Å². The Morgan fingerprint density at radius 2 is 1.77 bits per heavy atom. The monoisotopic (exact) mass is 443 g/mol. The third-order valence-corrected chi connectivity index (χ3v) is 7.86. The van der Waals surface area contributed by atoms with Crippen LogP contribution in [0.5, 0.6) is 0 Å². The van der Waals surface area contributed by atoms with Crippen molar-refractivity contribution < 1.29 is 19.5 Å². The van der Waals surface area contributed by atoms with E-state index >= 15 is 0 Å². The van der Waals surface area contributed by atoms with Gasteiger partial charge in [-0.3, -0.25) is 14.5 Å². The molecule has 2 rings (SSSR count). The summed E-state index contributed by atoms with van der Waals surface area (Å²) < 4.78 is 0. The summed E-state index contributed by atoms with van der Waals surface area (Å²) in [4.78, 5) is 43.4. The number of amides is 1. The maximum atomic E-state index is 13.2. The maximum absolute atomic E-state index is 13.2. The van der Waals surface area contributed by atoms with Gasteiger partial charge in [-0.2, -0.15) is 11.8 Å². The highest BCUT2D eigenvalue weighted by atomic mass is 32.2. The van der Waals surface area contributed by atoms with Gasteiger partial charge in [-0.25, -0.2) is 0 Å². The lowest BCUT2D eigenvalue weighted by molar-refractivity contribution is -0.758. The molecule has 2 saturated heterocycles. The molecule has 9 heteroatoms. The fraction of sp³-hybridized carbons (Fsp3) is 0.905. The second-order valence-corrected chi connectivity index (χ2v) is 11.1. The van der Waals surface area contributed by atoms with Gasteiger partial charge in [-0.05, 0) is 78.4 Å². The van der Waals surface area contributed by atoms with Crippen LogP contribution in [-0.2, 0) is 14.4 Å². The number of ketones is 1. The predicted octanol–water partition coefficient (Wildman–Crippen LogP) is 3.07. The van der Waals surface area contributed by atoms with Gasteiger partial charge >= 0.3 is 0 Å². The van der Waals surface area contributed by atoms with Crippen molar-refractivity contribution in [3.63, 3.8) is 0 Å². The largest absolute Gasteiger partial charge is 0.353 e. The highest BCUT2D eigenvalue weighted by molar-refractivity contribution is 7.99. The Kier molecular flexibility index (Phi) is 8.56. The lowest BCUT2D eigenvalue weighted by Gasteiger charge is -2.53. The van der Waals surface area contributed by atoms with Gasteiger partial charge in [0.1, 0.15) is 5.78 Å². The van der Waals surface area contributed by atoms with Crippen molar-refractivity contribution >= 4 is 23.5 Å². The molecule has 0 aromatic heterocycles. The van der Waals surface area contributed by atoms with E-state index < -0.39 is 11.0 Å². The standard InChI is InChI=1S/C21H37N3O5S/c1-20(2)13-16(14-21(3,4)23(20)5)18(25)12-15(6-9-29-24(27)28)19(26)22-17-7-10-30-11-8-17/h15-17H,6-14H2,1-5H3,(H,22,26). The molecule has 2 heterocycles. The highest BCUT2D eigenvalue weighted by Gasteiger charge is 2.45. The van der Waals surface area contributed by atoms with Crippen molar-refractivity contribution in [1.82, 2.24) is 10.2 Å². The van der Waals surface area contributed by atoms with Crippen molar-refractivity contribution in [2.75, 3.05) is 25.2 Å². The number of nitrogens with zero attached hydrogens (tertiary/aromatic N) is 2. The zero-order chi connectivity index (χ0) is 22.5. The number of carbonyl (C=O) groups excluding carboxylic acids is 2. The molecule has 1 atom stereocenters. The minimum atomic E-state index is -0.850. The van der Waals surface area contributed by atoms with Gasteiger partial charge in [0.25, 0.3) is 5.09 Å². The third-order valence-electron chi connectivity index (χ3n) is 6.81. The molecule has 8 nitrogen and oxygen atoms in total. The topological polar surface area (TPSA) is 102 Å². The molecule has 0 aliphatic carbocycles. The van der Waals surface area contributed by atoms with Crippen LogP contribution in [0.1, 0.15) is 66.2 Å². The molecule has 2 aliphatic heterocycles. The first-order valence-electron chi connectivity index (χ1n) is 10.8. The lowest BCUT2D eigenvalue weighted by atomic mass is 9.71. The van der Waals surface area contributed by atoms with E-state index in [9.17, 15) is 19.7 Å². The Morgan fingerprint density at radius 1 is 1.20 bits per heavy atom. The quantitative estimate of drug-likeness (QED) is 0.431. The maximum Gasteiger partial charge on any atom is 0.294 e. The van der Waals surface area contributed by atoms with Crippen molar-refractivity contribution in [1.29, 1.82) is 0 Å². The number of nitrogens with one attached hydrogen (secondary N) is 1. The van der Waals surface area contributed by atoms with Crippen LogP contribution in [0.3, 0.4) is 0 Å². The second kappa shape index (κ2) is 10.3. The first-order valence-corrected chi connectivity index (χ1v) is 12.0. The van der Waals surface area contributed by atoms with E-state index in [2.05, 4.69) is 49.8 Å². The number of carbonyl (C=O) groups is 2. The van der Waals surface area contributed by atoms with Crippen LogP contribution >= 0.6 is 11.8 Å². The minimum Gasteiger partial charge on any atom is -0.353 e. The molecule has 0 radical (unpaired) electrons. The van der Waals surface area contributed by atoms with Gasteiger partial charge in [0.2, 0.25) is 5.91 Å². The molecule has 1 unspecified atom stereocenters. The van der Waals surface area contributed by atoms with Gasteiger partial charge in [0, 0.05) is 35.4 Å². The van der Waals surface area contributed by atoms with E-state index in [0.717, 1.165) is 37.2 Å². The zero-order valence-corrected chi connectivity index (χ0v) is 19.8. The molecule has 172 valence electrons. The average Bonchev–Trinajstić information content (AvgIpc) is 2.65. The number of hydrogen-bond acceptors (Lipinski definition) is 7. The number of piperidine rings is 1. The van der Waals surface area contributed by atoms with E-state index in [-0.39, 0.29) is 54.2 Å². The molecule has 0 bridgehead atoms. The summed E-state index contributed by atoms with van der Waals surface area (Å²) in [6, 6.07) is 0.119. The molecular formula is C21H37N3O5S. The number of hydrogen-bond donors (Lipinski definition) is 1. The van der Waals surface area contributed by atoms with E-state index in [0.29, 0.717) is 0 Å². The number of thioether (sulfide) groups is 1. The van der Waals surface area contributed by atoms with E-state index in [1.165, 1.54) is 0 Å². The molecule has 0 aromatic rings. The number of rotatable bonds is 9. The molecule has 2 fully saturated rings. The SMILES string of the molecule is CN1C(C)(C)CC(C(=O)CC(CCO[N+](=O)[O-])C(=O)NC2CCSCC2)CC1(C)C. The Hall–Kier alpha value is -1.35. The Balaban J connectivity index is 2.04. The molecular weight excluding hydrogens is 406 g/mol. The van der Waals surface area contributed by atoms with Crippen LogP contribution in [0.15, 0.2) is 0 Å². The van der Waals surface area contributed by atoms with Gasteiger partial charge in [0.05, 0.1) is 6.61 Å². The summed E-state index contributed by atoms with van der Waals surface area (Å²) in [5.41, 5.74) is -0.233. The lowest BCUT2D eigenvalue weighted by Crippen LogP contribution is -2.59. The highest BCUT2D eigenvalue weighted by Crippen LogP contribution is 2.41. The molecule has 0 spiro atoms. The first kappa shape index (κ1) is 24.9. The molecule has 0 saturated carbocycles. The molecule has 0 aromatic carbocycles. The molecule has 2 aliphatic rings. The smallest absolute Gasteiger partial charge is 0.294 e. The Bertz CT molecular complexity index is 616. The fourth-order valence-electron chi connectivity index (χ4n) is 4.76. The van der Waals surface area contributed by atoms with Crippen LogP contribution in [-0.4, -0.2) is 64.0 Å². The summed E-state index contributed by atoms with van der Waals surface area (Å²) in [7, 11) is 2.09. The fourth-order valence-corrected chi connectivity index (χ4v) is 5.87. The average molecular weight is 444 g/mol. The van der Waals surface area contributed by atoms with Crippen molar-refractivity contribution in [3.05, 3.63) is 10.1 Å². The van der Waals surface area contributed by atoms with Gasteiger partial charge in [0.15, 0.2) is 0 Å². The van der Waals surface area contributed by atoms with Crippen LogP contribution in [0.2, 0.25) is 0 Å². The summed E-state index contributed by atoms with van der Waals surface area (Å²) in [5.74, 6) is 1.20. The van der Waals surface area contributed by atoms with Crippen LogP contribution in [0.25, 0.3) is 0 Å². The van der Waals surface area contributed by atoms with E-state index in [1.807, 2.05) is 11.8 Å². The van der Waals surface area contributed by atoms with Crippen LogP contribution < -0.4 is 5.32 Å². The minimum absolute atomic E-state index is 0.0738. The summed E-state index contributed by atoms with van der Waals surface area (Å²) in [6.45, 7) is 8.40. The third kappa shape index (κ3) is 6.83. The zero-order valence-electron chi connectivity index (χ0n) is 18.9. The van der Waals surface area contributed by atoms with Gasteiger partial charge in [-0.15, -0.1) is 10.1 Å². The first-order chi connectivity index (χ1) is 13.9. The van der Waals surface area contributed by atoms with Gasteiger partial charge < -0.3 is 10.2 Å². The van der Waals surface area contributed by atoms with Crippen LogP contribution in [0.4, 0.5) is 0 Å². The van der Waals surface area contributed by atoms with Gasteiger partial charge in [-0.1, -0.05) is 0 Å². The predicted molar refractivity (Wildman–Crippen MR) is 118 cm³/mol. The summed E-state index contributed by atoms with van der Waals surface area (Å²) in [5, 5.41) is 12.7. The number of Topliss-reactive ketones (excluding diaryl/α,β-unsaturated/α-hetero) is 1. The van der Waals surface area contributed by atoms with E-state index in [4.69, 9.17) is 0 Å². The molecule has 30 heavy (non-hydrogen) atoms. The number of likely N-dealkylation sites (tertiary alicyclic amines) is 1. The van der Waals surface area contributed by atoms with E-state index in [1.54, 1.807) is 0 Å². The summed E-state index contributed by atoms with van der Waals surface area (Å²) >= 11 is 1.88. The van der Waals surface area contributed by atoms with Crippen molar-refractivity contribution in [2.45, 2.75) is 83.3 Å². The molecule has 1 amide bonds. The molecule has 1 N–H and O–H groups in total. The van der Waals surface area contributed by atoms with Crippen molar-refractivity contribution in [2.24, 2.45) is 11.8 Å². The Labute approximate surface area is 184 Å². The summed E-state index contributed by atoms with van der Waals surface area (Å²) in [6.07, 6.45) is 3.59. The second-order valence-electron chi connectivity index (χ2n) is 9.90.